The summed E-state index contributed by atoms with van der Waals surface area (Å²) in [5.41, 5.74) is 0.917. The molecule has 5 heteroatoms. The summed E-state index contributed by atoms with van der Waals surface area (Å²) in [5.74, 6) is 0.0508. The molecule has 0 N–H and O–H groups in total. The molecule has 0 aliphatic carbocycles. The fourth-order valence-corrected chi connectivity index (χ4v) is 3.14. The van der Waals surface area contributed by atoms with E-state index < -0.39 is 6.10 Å². The zero-order chi connectivity index (χ0) is 16.1. The monoisotopic (exact) mass is 313 g/mol. The minimum absolute atomic E-state index is 0.0508. The van der Waals surface area contributed by atoms with E-state index in [0.29, 0.717) is 13.2 Å². The van der Waals surface area contributed by atoms with Crippen molar-refractivity contribution in [3.05, 3.63) is 54.4 Å². The highest BCUT2D eigenvalue weighted by Crippen LogP contribution is 2.26. The van der Waals surface area contributed by atoms with Gasteiger partial charge in [0.25, 0.3) is 5.91 Å². The van der Waals surface area contributed by atoms with Crippen LogP contribution in [0.2, 0.25) is 0 Å². The van der Waals surface area contributed by atoms with Crippen molar-refractivity contribution in [2.45, 2.75) is 31.9 Å². The Morgan fingerprint density at radius 2 is 2.17 bits per heavy atom. The third kappa shape index (κ3) is 3.62. The first-order valence-electron chi connectivity index (χ1n) is 8.24. The summed E-state index contributed by atoms with van der Waals surface area (Å²) in [7, 11) is 0. The van der Waals surface area contributed by atoms with Crippen molar-refractivity contribution in [2.75, 3.05) is 19.7 Å². The van der Waals surface area contributed by atoms with Gasteiger partial charge in [-0.15, -0.1) is 0 Å². The van der Waals surface area contributed by atoms with Crippen LogP contribution in [0.1, 0.15) is 37.5 Å². The first-order chi connectivity index (χ1) is 11.3. The Kier molecular flexibility index (Phi) is 5.08. The van der Waals surface area contributed by atoms with E-state index in [2.05, 4.69) is 5.10 Å². The second kappa shape index (κ2) is 7.42. The van der Waals surface area contributed by atoms with Gasteiger partial charge in [0.05, 0.1) is 6.04 Å². The number of hydrogen-bond acceptors (Lipinski definition) is 3. The summed E-state index contributed by atoms with van der Waals surface area (Å²) in [6, 6.07) is 11.9. The molecule has 1 aromatic carbocycles. The maximum atomic E-state index is 13.0. The third-order valence-corrected chi connectivity index (χ3v) is 4.27. The normalized spacial score (nSPS) is 19.5. The number of aromatic nitrogens is 2. The SMILES string of the molecule is CCO[C@H](C(=O)N1CCC[C@@H](n2cccn2)C1)c1ccccc1. The molecule has 2 aromatic rings. The smallest absolute Gasteiger partial charge is 0.256 e. The molecule has 1 amide bonds. The number of rotatable bonds is 5. The number of likely N-dealkylation sites (tertiary alicyclic amines) is 1. The Hall–Kier alpha value is -2.14. The standard InChI is InChI=1S/C18H23N3O2/c1-2-23-17(15-8-4-3-5-9-15)18(22)20-12-6-10-16(14-20)21-13-7-11-19-21/h3-5,7-9,11,13,16-17H,2,6,10,12,14H2,1H3/t16-,17+/m1/s1. The van der Waals surface area contributed by atoms with E-state index in [-0.39, 0.29) is 11.9 Å². The molecule has 0 radical (unpaired) electrons. The van der Waals surface area contributed by atoms with Gasteiger partial charge in [-0.25, -0.2) is 0 Å². The van der Waals surface area contributed by atoms with Crippen LogP contribution in [0.3, 0.4) is 0 Å². The minimum atomic E-state index is -0.516. The van der Waals surface area contributed by atoms with Crippen LogP contribution in [-0.4, -0.2) is 40.3 Å². The maximum Gasteiger partial charge on any atom is 0.256 e. The van der Waals surface area contributed by atoms with E-state index in [4.69, 9.17) is 4.74 Å². The molecule has 23 heavy (non-hydrogen) atoms. The molecule has 3 rings (SSSR count). The van der Waals surface area contributed by atoms with Gasteiger partial charge in [0.2, 0.25) is 0 Å². The fraction of sp³-hybridized carbons (Fsp3) is 0.444. The summed E-state index contributed by atoms with van der Waals surface area (Å²) in [5, 5.41) is 4.32. The quantitative estimate of drug-likeness (QED) is 0.853. The van der Waals surface area contributed by atoms with Crippen molar-refractivity contribution in [2.24, 2.45) is 0 Å². The highest BCUT2D eigenvalue weighted by atomic mass is 16.5. The highest BCUT2D eigenvalue weighted by Gasteiger charge is 2.31. The lowest BCUT2D eigenvalue weighted by Crippen LogP contribution is -2.43. The van der Waals surface area contributed by atoms with Crippen LogP contribution < -0.4 is 0 Å². The van der Waals surface area contributed by atoms with Crippen LogP contribution in [0.25, 0.3) is 0 Å². The number of benzene rings is 1. The van der Waals surface area contributed by atoms with E-state index in [0.717, 1.165) is 24.9 Å². The molecule has 1 fully saturated rings. The molecule has 1 saturated heterocycles. The van der Waals surface area contributed by atoms with Crippen LogP contribution in [0, 0.1) is 0 Å². The molecule has 122 valence electrons. The Balaban J connectivity index is 1.74. The maximum absolute atomic E-state index is 13.0. The van der Waals surface area contributed by atoms with Gasteiger partial charge in [-0.2, -0.15) is 5.10 Å². The lowest BCUT2D eigenvalue weighted by atomic mass is 10.0. The Morgan fingerprint density at radius 3 is 2.87 bits per heavy atom. The molecule has 1 aliphatic rings. The molecule has 0 bridgehead atoms. The Morgan fingerprint density at radius 1 is 1.35 bits per heavy atom. The third-order valence-electron chi connectivity index (χ3n) is 4.27. The molecule has 2 heterocycles. The van der Waals surface area contributed by atoms with Gasteiger partial charge >= 0.3 is 0 Å². The first-order valence-corrected chi connectivity index (χ1v) is 8.24. The summed E-state index contributed by atoms with van der Waals surface area (Å²) >= 11 is 0. The Bertz CT molecular complexity index is 612. The Labute approximate surface area is 136 Å². The molecule has 1 aromatic heterocycles. The zero-order valence-corrected chi connectivity index (χ0v) is 13.5. The molecule has 0 saturated carbocycles. The lowest BCUT2D eigenvalue weighted by Gasteiger charge is -2.35. The molecular weight excluding hydrogens is 290 g/mol. The topological polar surface area (TPSA) is 47.4 Å². The second-order valence-corrected chi connectivity index (χ2v) is 5.81. The predicted octanol–water partition coefficient (Wildman–Crippen LogP) is 2.82. The molecule has 1 aliphatic heterocycles. The number of carbonyl (C=O) groups excluding carboxylic acids is 1. The van der Waals surface area contributed by atoms with Crippen molar-refractivity contribution in [3.8, 4) is 0 Å². The summed E-state index contributed by atoms with van der Waals surface area (Å²) in [4.78, 5) is 14.9. The van der Waals surface area contributed by atoms with Gasteiger partial charge in [-0.1, -0.05) is 30.3 Å². The van der Waals surface area contributed by atoms with Gasteiger partial charge in [0.15, 0.2) is 6.10 Å². The van der Waals surface area contributed by atoms with E-state index in [1.54, 1.807) is 6.20 Å². The summed E-state index contributed by atoms with van der Waals surface area (Å²) in [6.45, 7) is 3.91. The number of nitrogens with zero attached hydrogens (tertiary/aromatic N) is 3. The average Bonchev–Trinajstić information content (AvgIpc) is 3.15. The molecule has 2 atom stereocenters. The van der Waals surface area contributed by atoms with Crippen molar-refractivity contribution >= 4 is 5.91 Å². The van der Waals surface area contributed by atoms with Gasteiger partial charge in [0.1, 0.15) is 0 Å². The number of carbonyl (C=O) groups is 1. The van der Waals surface area contributed by atoms with E-state index in [1.165, 1.54) is 0 Å². The van der Waals surface area contributed by atoms with E-state index in [1.807, 2.05) is 59.1 Å². The van der Waals surface area contributed by atoms with E-state index >= 15 is 0 Å². The van der Waals surface area contributed by atoms with Crippen molar-refractivity contribution < 1.29 is 9.53 Å². The van der Waals surface area contributed by atoms with Crippen LogP contribution in [0.15, 0.2) is 48.8 Å². The van der Waals surface area contributed by atoms with Gasteiger partial charge in [-0.05, 0) is 31.4 Å². The zero-order valence-electron chi connectivity index (χ0n) is 13.5. The van der Waals surface area contributed by atoms with Crippen LogP contribution in [-0.2, 0) is 9.53 Å². The first kappa shape index (κ1) is 15.7. The highest BCUT2D eigenvalue weighted by molar-refractivity contribution is 5.82. The average molecular weight is 313 g/mol. The number of amides is 1. The minimum Gasteiger partial charge on any atom is -0.364 e. The fourth-order valence-electron chi connectivity index (χ4n) is 3.14. The molecule has 0 unspecified atom stereocenters. The lowest BCUT2D eigenvalue weighted by molar-refractivity contribution is -0.145. The van der Waals surface area contributed by atoms with Crippen LogP contribution in [0.5, 0.6) is 0 Å². The van der Waals surface area contributed by atoms with Crippen molar-refractivity contribution in [3.63, 3.8) is 0 Å². The van der Waals surface area contributed by atoms with Crippen molar-refractivity contribution in [1.29, 1.82) is 0 Å². The van der Waals surface area contributed by atoms with Gasteiger partial charge < -0.3 is 9.64 Å². The van der Waals surface area contributed by atoms with Crippen LogP contribution >= 0.6 is 0 Å². The van der Waals surface area contributed by atoms with Crippen LogP contribution in [0.4, 0.5) is 0 Å². The molecule has 0 spiro atoms. The summed E-state index contributed by atoms with van der Waals surface area (Å²) in [6.07, 6.45) is 5.28. The number of ether oxygens (including phenoxy) is 1. The number of piperidine rings is 1. The molecular formula is C18H23N3O2. The number of hydrogen-bond donors (Lipinski definition) is 0. The molecule has 5 nitrogen and oxygen atoms in total. The van der Waals surface area contributed by atoms with Crippen molar-refractivity contribution in [1.82, 2.24) is 14.7 Å². The van der Waals surface area contributed by atoms with Gasteiger partial charge in [0, 0.05) is 32.1 Å². The second-order valence-electron chi connectivity index (χ2n) is 5.81. The van der Waals surface area contributed by atoms with E-state index in [9.17, 15) is 4.79 Å². The van der Waals surface area contributed by atoms with Gasteiger partial charge in [-0.3, -0.25) is 9.48 Å². The largest absolute Gasteiger partial charge is 0.364 e. The predicted molar refractivity (Wildman–Crippen MR) is 87.9 cm³/mol. The summed E-state index contributed by atoms with van der Waals surface area (Å²) < 4.78 is 7.71.